The van der Waals surface area contributed by atoms with Crippen LogP contribution in [0.15, 0.2) is 18.3 Å². The first-order valence-corrected chi connectivity index (χ1v) is 8.98. The molecule has 0 saturated heterocycles. The van der Waals surface area contributed by atoms with Crippen LogP contribution in [0.1, 0.15) is 69.0 Å². The van der Waals surface area contributed by atoms with Gasteiger partial charge in [0.05, 0.1) is 5.69 Å². The minimum atomic E-state index is 0.725. The van der Waals surface area contributed by atoms with Crippen molar-refractivity contribution in [1.29, 1.82) is 0 Å². The molecule has 0 bridgehead atoms. The topological polar surface area (TPSA) is 24.9 Å². The molecule has 3 rings (SSSR count). The molecule has 116 valence electrons. The fourth-order valence-corrected chi connectivity index (χ4v) is 4.47. The van der Waals surface area contributed by atoms with Gasteiger partial charge in [0.1, 0.15) is 0 Å². The zero-order valence-corrected chi connectivity index (χ0v) is 13.5. The van der Waals surface area contributed by atoms with Gasteiger partial charge in [-0.1, -0.05) is 51.0 Å². The summed E-state index contributed by atoms with van der Waals surface area (Å²) in [7, 11) is 0. The standard InChI is InChI=1S/C19H30N2/c1-15-8-7-13-20-19(15)14-21-18-12-6-5-11-17(18)16-9-3-2-4-10-16/h7-8,13,16-18,21H,2-6,9-12,14H2,1H3. The van der Waals surface area contributed by atoms with Gasteiger partial charge in [0.25, 0.3) is 0 Å². The number of nitrogens with one attached hydrogen (secondary N) is 1. The minimum Gasteiger partial charge on any atom is -0.308 e. The summed E-state index contributed by atoms with van der Waals surface area (Å²) in [4.78, 5) is 4.54. The quantitative estimate of drug-likeness (QED) is 0.873. The van der Waals surface area contributed by atoms with Crippen LogP contribution in [0.5, 0.6) is 0 Å². The van der Waals surface area contributed by atoms with E-state index in [9.17, 15) is 0 Å². The first kappa shape index (κ1) is 15.0. The molecular weight excluding hydrogens is 256 g/mol. The van der Waals surface area contributed by atoms with Gasteiger partial charge in [-0.2, -0.15) is 0 Å². The van der Waals surface area contributed by atoms with Gasteiger partial charge in [-0.05, 0) is 43.2 Å². The smallest absolute Gasteiger partial charge is 0.0570 e. The van der Waals surface area contributed by atoms with Crippen LogP contribution >= 0.6 is 0 Å². The highest BCUT2D eigenvalue weighted by atomic mass is 14.9. The van der Waals surface area contributed by atoms with E-state index in [0.29, 0.717) is 0 Å². The van der Waals surface area contributed by atoms with Crippen molar-refractivity contribution in [3.8, 4) is 0 Å². The van der Waals surface area contributed by atoms with E-state index in [0.717, 1.165) is 24.4 Å². The molecule has 0 amide bonds. The van der Waals surface area contributed by atoms with E-state index in [2.05, 4.69) is 23.3 Å². The van der Waals surface area contributed by atoms with Crippen molar-refractivity contribution < 1.29 is 0 Å². The van der Waals surface area contributed by atoms with Crippen molar-refractivity contribution in [1.82, 2.24) is 10.3 Å². The number of nitrogens with zero attached hydrogens (tertiary/aromatic N) is 1. The molecule has 2 fully saturated rings. The minimum absolute atomic E-state index is 0.725. The summed E-state index contributed by atoms with van der Waals surface area (Å²) < 4.78 is 0. The molecule has 2 unspecified atom stereocenters. The summed E-state index contributed by atoms with van der Waals surface area (Å²) in [6, 6.07) is 4.93. The summed E-state index contributed by atoms with van der Waals surface area (Å²) in [6.45, 7) is 3.12. The number of rotatable bonds is 4. The van der Waals surface area contributed by atoms with E-state index in [4.69, 9.17) is 0 Å². The maximum absolute atomic E-state index is 4.54. The molecule has 0 spiro atoms. The Morgan fingerprint density at radius 1 is 1.05 bits per heavy atom. The van der Waals surface area contributed by atoms with Crippen LogP contribution in [-0.4, -0.2) is 11.0 Å². The predicted molar refractivity (Wildman–Crippen MR) is 88.1 cm³/mol. The third-order valence-corrected chi connectivity index (χ3v) is 5.72. The lowest BCUT2D eigenvalue weighted by atomic mass is 9.71. The lowest BCUT2D eigenvalue weighted by Crippen LogP contribution is -2.42. The van der Waals surface area contributed by atoms with Crippen molar-refractivity contribution in [3.05, 3.63) is 29.6 Å². The Balaban J connectivity index is 1.60. The zero-order valence-electron chi connectivity index (χ0n) is 13.5. The van der Waals surface area contributed by atoms with Crippen molar-refractivity contribution in [2.45, 2.75) is 77.3 Å². The second kappa shape index (κ2) is 7.40. The Kier molecular flexibility index (Phi) is 5.29. The Morgan fingerprint density at radius 2 is 1.81 bits per heavy atom. The fourth-order valence-electron chi connectivity index (χ4n) is 4.47. The fraction of sp³-hybridized carbons (Fsp3) is 0.737. The molecule has 2 aliphatic carbocycles. The van der Waals surface area contributed by atoms with Crippen LogP contribution in [-0.2, 0) is 6.54 Å². The van der Waals surface area contributed by atoms with Crippen molar-refractivity contribution in [2.75, 3.05) is 0 Å². The Morgan fingerprint density at radius 3 is 2.62 bits per heavy atom. The van der Waals surface area contributed by atoms with Gasteiger partial charge < -0.3 is 5.32 Å². The number of hydrogen-bond donors (Lipinski definition) is 1. The van der Waals surface area contributed by atoms with E-state index in [1.165, 1.54) is 69.0 Å². The van der Waals surface area contributed by atoms with Crippen LogP contribution in [0.25, 0.3) is 0 Å². The predicted octanol–water partition coefficient (Wildman–Crippen LogP) is 4.62. The van der Waals surface area contributed by atoms with Gasteiger partial charge in [0.15, 0.2) is 0 Å². The molecule has 0 aromatic carbocycles. The van der Waals surface area contributed by atoms with Gasteiger partial charge in [0.2, 0.25) is 0 Å². The molecular formula is C19H30N2. The lowest BCUT2D eigenvalue weighted by Gasteiger charge is -2.39. The first-order chi connectivity index (χ1) is 10.3. The average Bonchev–Trinajstić information content (AvgIpc) is 2.55. The van der Waals surface area contributed by atoms with Crippen molar-refractivity contribution in [2.24, 2.45) is 11.8 Å². The SMILES string of the molecule is Cc1cccnc1CNC1CCCCC1C1CCCCC1. The van der Waals surface area contributed by atoms with Crippen LogP contribution in [0, 0.1) is 18.8 Å². The van der Waals surface area contributed by atoms with E-state index in [1.807, 2.05) is 12.3 Å². The second-order valence-electron chi connectivity index (χ2n) is 7.10. The van der Waals surface area contributed by atoms with Crippen LogP contribution < -0.4 is 5.32 Å². The third-order valence-electron chi connectivity index (χ3n) is 5.72. The number of aryl methyl sites for hydroxylation is 1. The molecule has 1 aromatic rings. The van der Waals surface area contributed by atoms with Crippen LogP contribution in [0.3, 0.4) is 0 Å². The van der Waals surface area contributed by atoms with Crippen molar-refractivity contribution in [3.63, 3.8) is 0 Å². The summed E-state index contributed by atoms with van der Waals surface area (Å²) >= 11 is 0. The van der Waals surface area contributed by atoms with E-state index >= 15 is 0 Å². The second-order valence-corrected chi connectivity index (χ2v) is 7.10. The highest BCUT2D eigenvalue weighted by molar-refractivity contribution is 5.17. The van der Waals surface area contributed by atoms with Gasteiger partial charge in [0, 0.05) is 18.8 Å². The molecule has 1 N–H and O–H groups in total. The molecule has 2 atom stereocenters. The molecule has 1 heterocycles. The molecule has 0 radical (unpaired) electrons. The third kappa shape index (κ3) is 3.85. The maximum Gasteiger partial charge on any atom is 0.0570 e. The van der Waals surface area contributed by atoms with E-state index in [1.54, 1.807) is 0 Å². The Labute approximate surface area is 129 Å². The zero-order chi connectivity index (χ0) is 14.5. The maximum atomic E-state index is 4.54. The molecule has 2 aliphatic rings. The van der Waals surface area contributed by atoms with Crippen LogP contribution in [0.2, 0.25) is 0 Å². The molecule has 2 heteroatoms. The first-order valence-electron chi connectivity index (χ1n) is 8.98. The number of pyridine rings is 1. The molecule has 1 aromatic heterocycles. The Bertz CT molecular complexity index is 437. The molecule has 2 nitrogen and oxygen atoms in total. The van der Waals surface area contributed by atoms with Crippen molar-refractivity contribution >= 4 is 0 Å². The van der Waals surface area contributed by atoms with Crippen LogP contribution in [0.4, 0.5) is 0 Å². The summed E-state index contributed by atoms with van der Waals surface area (Å²) in [6.07, 6.45) is 14.9. The molecule has 0 aliphatic heterocycles. The summed E-state index contributed by atoms with van der Waals surface area (Å²) in [5.74, 6) is 1.91. The normalized spacial score (nSPS) is 27.7. The highest BCUT2D eigenvalue weighted by Gasteiger charge is 2.32. The summed E-state index contributed by atoms with van der Waals surface area (Å²) in [5.41, 5.74) is 2.54. The van der Waals surface area contributed by atoms with E-state index in [-0.39, 0.29) is 0 Å². The van der Waals surface area contributed by atoms with Gasteiger partial charge in [-0.3, -0.25) is 4.98 Å². The lowest BCUT2D eigenvalue weighted by molar-refractivity contribution is 0.149. The van der Waals surface area contributed by atoms with Gasteiger partial charge in [-0.15, -0.1) is 0 Å². The highest BCUT2D eigenvalue weighted by Crippen LogP contribution is 2.38. The average molecular weight is 286 g/mol. The molecule has 21 heavy (non-hydrogen) atoms. The van der Waals surface area contributed by atoms with Gasteiger partial charge in [-0.25, -0.2) is 0 Å². The molecule has 2 saturated carbocycles. The Hall–Kier alpha value is -0.890. The monoisotopic (exact) mass is 286 g/mol. The van der Waals surface area contributed by atoms with E-state index < -0.39 is 0 Å². The number of aromatic nitrogens is 1. The number of hydrogen-bond acceptors (Lipinski definition) is 2. The summed E-state index contributed by atoms with van der Waals surface area (Å²) in [5, 5.41) is 3.86. The van der Waals surface area contributed by atoms with Gasteiger partial charge >= 0.3 is 0 Å². The largest absolute Gasteiger partial charge is 0.308 e.